The molecule has 5 heteroatoms. The molecule has 3 rings (SSSR count). The van der Waals surface area contributed by atoms with E-state index in [2.05, 4.69) is 25.8 Å². The van der Waals surface area contributed by atoms with E-state index < -0.39 is 5.97 Å². The lowest BCUT2D eigenvalue weighted by molar-refractivity contribution is -0.144. The van der Waals surface area contributed by atoms with E-state index in [1.165, 1.54) is 0 Å². The molecule has 1 fully saturated rings. The van der Waals surface area contributed by atoms with Crippen molar-refractivity contribution in [3.63, 3.8) is 0 Å². The molecule has 1 N–H and O–H groups in total. The van der Waals surface area contributed by atoms with Crippen molar-refractivity contribution in [1.82, 2.24) is 9.88 Å². The third kappa shape index (κ3) is 2.94. The maximum absolute atomic E-state index is 11.4. The molecule has 1 aliphatic rings. The smallest absolute Gasteiger partial charge is 0.320 e. The first-order chi connectivity index (χ1) is 10.2. The minimum Gasteiger partial charge on any atom is -0.480 e. The number of likely N-dealkylation sites (tertiary alicyclic amines) is 1. The summed E-state index contributed by atoms with van der Waals surface area (Å²) in [6.07, 6.45) is 4.57. The van der Waals surface area contributed by atoms with Crippen molar-refractivity contribution >= 4 is 32.8 Å². The summed E-state index contributed by atoms with van der Waals surface area (Å²) < 4.78 is 1.02. The fraction of sp³-hybridized carbons (Fsp3) is 0.375. The van der Waals surface area contributed by atoms with Gasteiger partial charge >= 0.3 is 5.97 Å². The number of benzene rings is 1. The highest BCUT2D eigenvalue weighted by atomic mass is 79.9. The van der Waals surface area contributed by atoms with Gasteiger partial charge < -0.3 is 5.11 Å². The van der Waals surface area contributed by atoms with Crippen LogP contribution in [0.2, 0.25) is 0 Å². The van der Waals surface area contributed by atoms with E-state index in [1.54, 1.807) is 6.20 Å². The Morgan fingerprint density at radius 3 is 3.05 bits per heavy atom. The number of aromatic nitrogens is 1. The molecule has 0 bridgehead atoms. The Hall–Kier alpha value is -1.46. The molecule has 0 spiro atoms. The molecule has 1 atom stereocenters. The zero-order valence-corrected chi connectivity index (χ0v) is 13.2. The Bertz CT molecular complexity index is 674. The topological polar surface area (TPSA) is 53.4 Å². The minimum absolute atomic E-state index is 0.374. The van der Waals surface area contributed by atoms with Crippen LogP contribution in [0.1, 0.15) is 24.8 Å². The fourth-order valence-electron chi connectivity index (χ4n) is 3.00. The summed E-state index contributed by atoms with van der Waals surface area (Å²) in [5.41, 5.74) is 2.03. The molecule has 1 aliphatic heterocycles. The number of hydrogen-bond donors (Lipinski definition) is 1. The van der Waals surface area contributed by atoms with Gasteiger partial charge in [-0.25, -0.2) is 0 Å². The predicted octanol–water partition coefficient (Wildman–Crippen LogP) is 3.44. The lowest BCUT2D eigenvalue weighted by Crippen LogP contribution is -2.44. The second-order valence-electron chi connectivity index (χ2n) is 5.43. The van der Waals surface area contributed by atoms with Gasteiger partial charge in [-0.3, -0.25) is 14.7 Å². The van der Waals surface area contributed by atoms with Crippen LogP contribution in [0.3, 0.4) is 0 Å². The zero-order valence-electron chi connectivity index (χ0n) is 11.6. The third-order valence-corrected chi connectivity index (χ3v) is 4.76. The first-order valence-electron chi connectivity index (χ1n) is 7.16. The van der Waals surface area contributed by atoms with Crippen LogP contribution < -0.4 is 0 Å². The standard InChI is InChI=1S/C16H17BrN2O2/c17-13-7-6-11(15-12(13)4-3-8-18-15)10-19-9-2-1-5-14(19)16(20)21/h3-4,6-8,14H,1-2,5,9-10H2,(H,20,21). The van der Waals surface area contributed by atoms with Gasteiger partial charge in [0.05, 0.1) is 5.52 Å². The number of fused-ring (bicyclic) bond motifs is 1. The summed E-state index contributed by atoms with van der Waals surface area (Å²) >= 11 is 3.54. The van der Waals surface area contributed by atoms with Gasteiger partial charge in [0.1, 0.15) is 6.04 Å². The maximum atomic E-state index is 11.4. The van der Waals surface area contributed by atoms with Gasteiger partial charge in [0.25, 0.3) is 0 Å². The third-order valence-electron chi connectivity index (χ3n) is 4.07. The fourth-order valence-corrected chi connectivity index (χ4v) is 3.45. The molecule has 21 heavy (non-hydrogen) atoms. The van der Waals surface area contributed by atoms with Crippen molar-refractivity contribution in [2.24, 2.45) is 0 Å². The largest absolute Gasteiger partial charge is 0.480 e. The number of carbonyl (C=O) groups is 1. The highest BCUT2D eigenvalue weighted by Gasteiger charge is 2.28. The first kappa shape index (κ1) is 14.5. The number of piperidine rings is 1. The molecule has 1 aromatic heterocycles. The summed E-state index contributed by atoms with van der Waals surface area (Å²) in [4.78, 5) is 17.9. The van der Waals surface area contributed by atoms with Gasteiger partial charge in [-0.15, -0.1) is 0 Å². The van der Waals surface area contributed by atoms with Crippen molar-refractivity contribution in [2.45, 2.75) is 31.8 Å². The second-order valence-corrected chi connectivity index (χ2v) is 6.28. The Morgan fingerprint density at radius 1 is 1.38 bits per heavy atom. The quantitative estimate of drug-likeness (QED) is 0.922. The number of aliphatic carboxylic acids is 1. The van der Waals surface area contributed by atoms with Crippen molar-refractivity contribution in [1.29, 1.82) is 0 Å². The monoisotopic (exact) mass is 348 g/mol. The van der Waals surface area contributed by atoms with E-state index >= 15 is 0 Å². The summed E-state index contributed by atoms with van der Waals surface area (Å²) in [6, 6.07) is 7.62. The summed E-state index contributed by atoms with van der Waals surface area (Å²) in [5.74, 6) is -0.718. The highest BCUT2D eigenvalue weighted by molar-refractivity contribution is 9.10. The number of carboxylic acid groups (broad SMARTS) is 1. The van der Waals surface area contributed by atoms with Crippen molar-refractivity contribution in [2.75, 3.05) is 6.54 Å². The molecule has 1 aromatic carbocycles. The summed E-state index contributed by atoms with van der Waals surface area (Å²) in [6.45, 7) is 1.47. The molecule has 0 saturated carbocycles. The molecule has 0 amide bonds. The molecular weight excluding hydrogens is 332 g/mol. The number of nitrogens with zero attached hydrogens (tertiary/aromatic N) is 2. The Morgan fingerprint density at radius 2 is 2.24 bits per heavy atom. The number of hydrogen-bond acceptors (Lipinski definition) is 3. The molecule has 110 valence electrons. The molecule has 1 unspecified atom stereocenters. The minimum atomic E-state index is -0.718. The lowest BCUT2D eigenvalue weighted by Gasteiger charge is -2.33. The van der Waals surface area contributed by atoms with E-state index in [0.29, 0.717) is 6.54 Å². The zero-order chi connectivity index (χ0) is 14.8. The van der Waals surface area contributed by atoms with Gasteiger partial charge in [-0.2, -0.15) is 0 Å². The van der Waals surface area contributed by atoms with E-state index in [0.717, 1.165) is 46.7 Å². The van der Waals surface area contributed by atoms with E-state index in [9.17, 15) is 9.90 Å². The number of pyridine rings is 1. The Labute approximate surface area is 131 Å². The van der Waals surface area contributed by atoms with Gasteiger partial charge in [0, 0.05) is 22.6 Å². The van der Waals surface area contributed by atoms with E-state index in [-0.39, 0.29) is 6.04 Å². The normalized spacial score (nSPS) is 19.8. The number of carboxylic acids is 1. The van der Waals surface area contributed by atoms with Crippen LogP contribution in [0.4, 0.5) is 0 Å². The molecule has 1 saturated heterocycles. The van der Waals surface area contributed by atoms with E-state index in [4.69, 9.17) is 0 Å². The SMILES string of the molecule is O=C(O)C1CCCCN1Cc1ccc(Br)c2cccnc12. The summed E-state index contributed by atoms with van der Waals surface area (Å²) in [5, 5.41) is 10.4. The Kier molecular flexibility index (Phi) is 4.22. The molecular formula is C16H17BrN2O2. The predicted molar refractivity (Wildman–Crippen MR) is 85.1 cm³/mol. The van der Waals surface area contributed by atoms with Gasteiger partial charge in [-0.1, -0.05) is 34.5 Å². The number of halogens is 1. The average molecular weight is 349 g/mol. The van der Waals surface area contributed by atoms with Crippen LogP contribution in [0.5, 0.6) is 0 Å². The maximum Gasteiger partial charge on any atom is 0.320 e. The van der Waals surface area contributed by atoms with Crippen LogP contribution >= 0.6 is 15.9 Å². The molecule has 0 radical (unpaired) electrons. The average Bonchev–Trinajstić information content (AvgIpc) is 2.51. The summed E-state index contributed by atoms with van der Waals surface area (Å²) in [7, 11) is 0. The van der Waals surface area contributed by atoms with Gasteiger partial charge in [0.15, 0.2) is 0 Å². The van der Waals surface area contributed by atoms with E-state index in [1.807, 2.05) is 24.3 Å². The van der Waals surface area contributed by atoms with Crippen molar-refractivity contribution in [3.8, 4) is 0 Å². The molecule has 2 heterocycles. The Balaban J connectivity index is 1.94. The van der Waals surface area contributed by atoms with Crippen molar-refractivity contribution < 1.29 is 9.90 Å². The second kappa shape index (κ2) is 6.12. The first-order valence-corrected chi connectivity index (χ1v) is 7.95. The molecule has 4 nitrogen and oxygen atoms in total. The molecule has 0 aliphatic carbocycles. The van der Waals surface area contributed by atoms with Gasteiger partial charge in [-0.05, 0) is 37.1 Å². The van der Waals surface area contributed by atoms with Crippen LogP contribution in [0.15, 0.2) is 34.9 Å². The van der Waals surface area contributed by atoms with Crippen LogP contribution in [-0.2, 0) is 11.3 Å². The van der Waals surface area contributed by atoms with Gasteiger partial charge in [0.2, 0.25) is 0 Å². The van der Waals surface area contributed by atoms with Crippen LogP contribution in [-0.4, -0.2) is 33.5 Å². The van der Waals surface area contributed by atoms with Crippen LogP contribution in [0.25, 0.3) is 10.9 Å². The van der Waals surface area contributed by atoms with Crippen molar-refractivity contribution in [3.05, 3.63) is 40.5 Å². The van der Waals surface area contributed by atoms with Crippen LogP contribution in [0, 0.1) is 0 Å². The number of rotatable bonds is 3. The lowest BCUT2D eigenvalue weighted by atomic mass is 10.0. The molecule has 2 aromatic rings. The highest BCUT2D eigenvalue weighted by Crippen LogP contribution is 2.27.